The predicted molar refractivity (Wildman–Crippen MR) is 108 cm³/mol. The van der Waals surface area contributed by atoms with Gasteiger partial charge in [-0.3, -0.25) is 0 Å². The van der Waals surface area contributed by atoms with Gasteiger partial charge in [0.15, 0.2) is 0 Å². The van der Waals surface area contributed by atoms with Gasteiger partial charge in [-0.2, -0.15) is 23.7 Å². The van der Waals surface area contributed by atoms with Crippen LogP contribution in [0, 0.1) is 28.6 Å². The van der Waals surface area contributed by atoms with E-state index in [0.717, 1.165) is 6.07 Å². The fourth-order valence-corrected chi connectivity index (χ4v) is 4.60. The number of anilines is 1. The predicted octanol–water partition coefficient (Wildman–Crippen LogP) is 3.37. The highest BCUT2D eigenvalue weighted by Crippen LogP contribution is 2.44. The molecule has 1 aliphatic carbocycles. The van der Waals surface area contributed by atoms with Gasteiger partial charge in [-0.05, 0) is 67.1 Å². The van der Waals surface area contributed by atoms with Gasteiger partial charge in [0, 0.05) is 5.69 Å². The van der Waals surface area contributed by atoms with Crippen LogP contribution in [0.2, 0.25) is 0 Å². The monoisotopic (exact) mass is 443 g/mol. The van der Waals surface area contributed by atoms with E-state index in [2.05, 4.69) is 5.32 Å². The number of aliphatic hydroxyl groups excluding tert-OH is 1. The van der Waals surface area contributed by atoms with Crippen LogP contribution in [0.4, 0.5) is 18.9 Å². The van der Waals surface area contributed by atoms with E-state index in [1.165, 1.54) is 6.07 Å². The summed E-state index contributed by atoms with van der Waals surface area (Å²) < 4.78 is 45.9. The van der Waals surface area contributed by atoms with Gasteiger partial charge < -0.3 is 20.3 Å². The highest BCUT2D eigenvalue weighted by atomic mass is 19.4. The van der Waals surface area contributed by atoms with Crippen LogP contribution in [0.3, 0.4) is 0 Å². The number of benzene rings is 2. The minimum absolute atomic E-state index is 0.163. The van der Waals surface area contributed by atoms with E-state index in [4.69, 9.17) is 15.3 Å². The normalized spacial score (nSPS) is 26.7. The van der Waals surface area contributed by atoms with Crippen LogP contribution in [0.1, 0.15) is 35.1 Å². The van der Waals surface area contributed by atoms with Crippen molar-refractivity contribution >= 4 is 5.69 Å². The Morgan fingerprint density at radius 3 is 2.47 bits per heavy atom. The van der Waals surface area contributed by atoms with Crippen molar-refractivity contribution in [3.05, 3.63) is 58.7 Å². The second kappa shape index (κ2) is 8.01. The molecule has 3 unspecified atom stereocenters. The first kappa shape index (κ1) is 21.9. The van der Waals surface area contributed by atoms with Crippen molar-refractivity contribution in [2.45, 2.75) is 43.2 Å². The second-order valence-electron chi connectivity index (χ2n) is 8.26. The summed E-state index contributed by atoms with van der Waals surface area (Å²) in [5.41, 5.74) is -2.03. The van der Waals surface area contributed by atoms with Gasteiger partial charge >= 0.3 is 6.18 Å². The fourth-order valence-electron chi connectivity index (χ4n) is 4.60. The van der Waals surface area contributed by atoms with Crippen molar-refractivity contribution in [2.24, 2.45) is 5.92 Å². The quantitative estimate of drug-likeness (QED) is 0.671. The molecule has 2 aliphatic rings. The van der Waals surface area contributed by atoms with Crippen molar-refractivity contribution in [2.75, 3.05) is 11.9 Å². The first-order chi connectivity index (χ1) is 15.2. The molecule has 4 atom stereocenters. The van der Waals surface area contributed by atoms with Crippen molar-refractivity contribution in [3.63, 3.8) is 0 Å². The van der Waals surface area contributed by atoms with Gasteiger partial charge in [0.2, 0.25) is 0 Å². The van der Waals surface area contributed by atoms with Crippen LogP contribution in [0.25, 0.3) is 0 Å². The minimum atomic E-state index is -4.69. The third-order valence-corrected chi connectivity index (χ3v) is 6.31. The third-order valence-electron chi connectivity index (χ3n) is 6.31. The average molecular weight is 443 g/mol. The molecule has 9 heteroatoms. The van der Waals surface area contributed by atoms with Crippen molar-refractivity contribution in [3.8, 4) is 17.9 Å². The van der Waals surface area contributed by atoms with E-state index in [-0.39, 0.29) is 18.2 Å². The molecular formula is C23H20F3N3O3. The van der Waals surface area contributed by atoms with E-state index in [9.17, 15) is 23.4 Å². The largest absolute Gasteiger partial charge is 0.490 e. The summed E-state index contributed by atoms with van der Waals surface area (Å²) in [6.45, 7) is -0.286. The zero-order valence-corrected chi connectivity index (χ0v) is 16.9. The number of aliphatic hydroxyl groups is 2. The maximum absolute atomic E-state index is 13.4. The van der Waals surface area contributed by atoms with E-state index in [0.29, 0.717) is 36.1 Å². The summed E-state index contributed by atoms with van der Waals surface area (Å²) in [6.07, 6.45) is -4.61. The van der Waals surface area contributed by atoms with Crippen LogP contribution < -0.4 is 10.1 Å². The Morgan fingerprint density at radius 1 is 1.12 bits per heavy atom. The molecule has 2 aromatic carbocycles. The van der Waals surface area contributed by atoms with Gasteiger partial charge in [-0.25, -0.2) is 0 Å². The molecule has 2 aromatic rings. The topological polar surface area (TPSA) is 109 Å². The van der Waals surface area contributed by atoms with Crippen LogP contribution >= 0.6 is 0 Å². The number of rotatable bonds is 3. The number of alkyl halides is 3. The van der Waals surface area contributed by atoms with Gasteiger partial charge in [0.1, 0.15) is 18.0 Å². The lowest BCUT2D eigenvalue weighted by Gasteiger charge is -2.50. The standard InChI is InChI=1S/C23H20F3N3O3/c24-23(25,26)18-9-19-15(8-16(18)11-28)7-14-3-6-20(30)22(31,21(14)29-19)12-32-17-4-1-13(10-27)2-5-17/h1-2,4-5,8-9,14,20-21,29-31H,3,6-7,12H2/t14?,20?,21?,22-/m0/s1. The first-order valence-electron chi connectivity index (χ1n) is 10.1. The van der Waals surface area contributed by atoms with Gasteiger partial charge in [0.25, 0.3) is 0 Å². The van der Waals surface area contributed by atoms with E-state index in [1.54, 1.807) is 30.3 Å². The van der Waals surface area contributed by atoms with Crippen LogP contribution in [-0.2, 0) is 12.6 Å². The highest BCUT2D eigenvalue weighted by molar-refractivity contribution is 5.62. The molecule has 1 aliphatic heterocycles. The van der Waals surface area contributed by atoms with Gasteiger partial charge in [0.05, 0.1) is 41.0 Å². The molecule has 32 heavy (non-hydrogen) atoms. The zero-order chi connectivity index (χ0) is 23.1. The molecule has 4 rings (SSSR count). The molecule has 6 nitrogen and oxygen atoms in total. The number of hydrogen-bond acceptors (Lipinski definition) is 6. The van der Waals surface area contributed by atoms with Crippen LogP contribution in [0.5, 0.6) is 5.75 Å². The summed E-state index contributed by atoms with van der Waals surface area (Å²) in [5, 5.41) is 43.0. The Morgan fingerprint density at radius 2 is 1.84 bits per heavy atom. The smallest absolute Gasteiger partial charge is 0.417 e. The molecule has 1 heterocycles. The Hall–Kier alpha value is -3.27. The number of nitrogens with one attached hydrogen (secondary N) is 1. The summed E-state index contributed by atoms with van der Waals surface area (Å²) in [7, 11) is 0. The number of fused-ring (bicyclic) bond motifs is 2. The lowest BCUT2D eigenvalue weighted by Crippen LogP contribution is -2.65. The summed E-state index contributed by atoms with van der Waals surface area (Å²) in [6, 6.07) is 11.3. The molecule has 0 bridgehead atoms. The number of halogens is 3. The molecular weight excluding hydrogens is 423 g/mol. The summed E-state index contributed by atoms with van der Waals surface area (Å²) in [5.74, 6) is 0.227. The van der Waals surface area contributed by atoms with Crippen molar-refractivity contribution in [1.82, 2.24) is 0 Å². The number of nitriles is 2. The van der Waals surface area contributed by atoms with Crippen molar-refractivity contribution in [1.29, 1.82) is 10.5 Å². The molecule has 0 aromatic heterocycles. The molecule has 0 saturated heterocycles. The molecule has 1 saturated carbocycles. The Labute approximate surface area is 182 Å². The maximum atomic E-state index is 13.4. The lowest BCUT2D eigenvalue weighted by atomic mass is 9.68. The number of hydrogen-bond donors (Lipinski definition) is 3. The van der Waals surface area contributed by atoms with E-state index in [1.807, 2.05) is 6.07 Å². The molecule has 0 spiro atoms. The fraction of sp³-hybridized carbons (Fsp3) is 0.391. The Kier molecular flexibility index (Phi) is 5.49. The van der Waals surface area contributed by atoms with E-state index < -0.39 is 35.1 Å². The molecule has 166 valence electrons. The van der Waals surface area contributed by atoms with Gasteiger partial charge in [-0.15, -0.1) is 0 Å². The summed E-state index contributed by atoms with van der Waals surface area (Å²) >= 11 is 0. The van der Waals surface area contributed by atoms with Crippen LogP contribution in [0.15, 0.2) is 36.4 Å². The summed E-state index contributed by atoms with van der Waals surface area (Å²) in [4.78, 5) is 0. The SMILES string of the molecule is N#Cc1ccc(OC[C@]2(O)C(O)CCC3Cc4cc(C#N)c(C(F)(F)F)cc4NC32)cc1. The number of ether oxygens (including phenoxy) is 1. The Bertz CT molecular complexity index is 1100. The minimum Gasteiger partial charge on any atom is -0.490 e. The third kappa shape index (κ3) is 3.86. The second-order valence-corrected chi connectivity index (χ2v) is 8.26. The van der Waals surface area contributed by atoms with Gasteiger partial charge in [-0.1, -0.05) is 0 Å². The average Bonchev–Trinajstić information content (AvgIpc) is 2.78. The first-order valence-corrected chi connectivity index (χ1v) is 10.1. The highest BCUT2D eigenvalue weighted by Gasteiger charge is 2.52. The molecule has 3 N–H and O–H groups in total. The van der Waals surface area contributed by atoms with Crippen LogP contribution in [-0.4, -0.2) is 34.6 Å². The molecule has 1 fully saturated rings. The Balaban J connectivity index is 1.63. The number of nitrogens with zero attached hydrogens (tertiary/aromatic N) is 2. The van der Waals surface area contributed by atoms with Crippen molar-refractivity contribution < 1.29 is 28.1 Å². The molecule has 0 amide bonds. The lowest BCUT2D eigenvalue weighted by molar-refractivity contribution is -0.141. The molecule has 0 radical (unpaired) electrons. The van der Waals surface area contributed by atoms with E-state index >= 15 is 0 Å². The zero-order valence-electron chi connectivity index (χ0n) is 16.9. The maximum Gasteiger partial charge on any atom is 0.417 e.